The van der Waals surface area contributed by atoms with E-state index in [0.29, 0.717) is 11.4 Å². The van der Waals surface area contributed by atoms with E-state index in [2.05, 4.69) is 53.1 Å². The number of aryl methyl sites for hydroxylation is 1. The van der Waals surface area contributed by atoms with Crippen molar-refractivity contribution in [3.05, 3.63) is 83.9 Å². The minimum atomic E-state index is -3.31. The number of carbonyl (C=O) groups is 1. The third-order valence-corrected chi connectivity index (χ3v) is 7.57. The van der Waals surface area contributed by atoms with Crippen LogP contribution in [0.5, 0.6) is 11.5 Å². The number of nitrogens with zero attached hydrogens (tertiary/aromatic N) is 2. The van der Waals surface area contributed by atoms with Crippen molar-refractivity contribution >= 4 is 39.8 Å². The Labute approximate surface area is 250 Å². The Balaban J connectivity index is 0.00000462. The maximum Gasteiger partial charge on any atom is 0.322 e. The van der Waals surface area contributed by atoms with Crippen molar-refractivity contribution in [3.63, 3.8) is 0 Å². The summed E-state index contributed by atoms with van der Waals surface area (Å²) < 4.78 is 31.1. The lowest BCUT2D eigenvalue weighted by molar-refractivity contribution is 0.188. The molecule has 0 bridgehead atoms. The van der Waals surface area contributed by atoms with Crippen LogP contribution in [-0.4, -0.2) is 51.3 Å². The number of urea groups is 1. The number of benzene rings is 3. The summed E-state index contributed by atoms with van der Waals surface area (Å²) in [7, 11) is -3.31. The van der Waals surface area contributed by atoms with E-state index in [1.54, 1.807) is 24.3 Å². The smallest absolute Gasteiger partial charge is 0.322 e. The lowest BCUT2D eigenvalue weighted by atomic mass is 10.0. The van der Waals surface area contributed by atoms with Gasteiger partial charge in [-0.3, -0.25) is 14.5 Å². The molecule has 4 rings (SSSR count). The molecule has 2 N–H and O–H groups in total. The van der Waals surface area contributed by atoms with Gasteiger partial charge in [-0.2, -0.15) is 0 Å². The van der Waals surface area contributed by atoms with Crippen molar-refractivity contribution in [1.29, 1.82) is 0 Å². The van der Waals surface area contributed by atoms with Crippen molar-refractivity contribution in [2.45, 2.75) is 52.1 Å². The predicted octanol–water partition coefficient (Wildman–Crippen LogP) is 6.56. The first-order valence-electron chi connectivity index (χ1n) is 13.9. The quantitative estimate of drug-likeness (QED) is 0.260. The van der Waals surface area contributed by atoms with Gasteiger partial charge in [0.25, 0.3) is 0 Å². The summed E-state index contributed by atoms with van der Waals surface area (Å²) in [5.74, 6) is 1.35. The molecule has 0 radical (unpaired) electrons. The lowest BCUT2D eigenvalue weighted by Gasteiger charge is -2.34. The van der Waals surface area contributed by atoms with Crippen LogP contribution < -0.4 is 19.7 Å². The normalized spacial score (nSPS) is 14.1. The Kier molecular flexibility index (Phi) is 11.9. The van der Waals surface area contributed by atoms with Gasteiger partial charge < -0.3 is 10.1 Å². The lowest BCUT2D eigenvalue weighted by Crippen LogP contribution is -2.49. The number of amides is 2. The molecule has 0 spiro atoms. The molecule has 1 aliphatic rings. The Morgan fingerprint density at radius 3 is 2.10 bits per heavy atom. The number of carbonyl (C=O) groups excluding carboxylic acids is 1. The highest BCUT2D eigenvalue weighted by Gasteiger charge is 2.23. The largest absolute Gasteiger partial charge is 0.457 e. The van der Waals surface area contributed by atoms with Crippen molar-refractivity contribution in [3.8, 4) is 11.5 Å². The summed E-state index contributed by atoms with van der Waals surface area (Å²) in [6.07, 6.45) is 4.98. The van der Waals surface area contributed by atoms with Gasteiger partial charge in [0, 0.05) is 43.6 Å². The molecule has 1 fully saturated rings. The van der Waals surface area contributed by atoms with Crippen LogP contribution in [0.1, 0.15) is 43.7 Å². The highest BCUT2D eigenvalue weighted by atomic mass is 35.5. The molecule has 2 amide bonds. The number of halogens is 1. The van der Waals surface area contributed by atoms with Gasteiger partial charge in [0.15, 0.2) is 0 Å². The summed E-state index contributed by atoms with van der Waals surface area (Å²) in [4.78, 5) is 17.5. The number of likely N-dealkylation sites (tertiary alicyclic amines) is 1. The van der Waals surface area contributed by atoms with Gasteiger partial charge in [-0.1, -0.05) is 43.2 Å². The van der Waals surface area contributed by atoms with E-state index in [1.165, 1.54) is 11.1 Å². The molecule has 0 aliphatic carbocycles. The number of unbranched alkanes of at least 4 members (excludes halogenated alkanes) is 1. The molecule has 1 aliphatic heterocycles. The van der Waals surface area contributed by atoms with Gasteiger partial charge in [0.2, 0.25) is 10.0 Å². The second-order valence-electron chi connectivity index (χ2n) is 10.5. The van der Waals surface area contributed by atoms with Gasteiger partial charge in [-0.15, -0.1) is 12.4 Å². The first-order valence-corrected chi connectivity index (χ1v) is 15.8. The average molecular weight is 601 g/mol. The Morgan fingerprint density at radius 2 is 1.54 bits per heavy atom. The molecule has 1 heterocycles. The van der Waals surface area contributed by atoms with E-state index in [1.807, 2.05) is 29.2 Å². The Bertz CT molecular complexity index is 1340. The zero-order valence-electron chi connectivity index (χ0n) is 24.0. The van der Waals surface area contributed by atoms with Gasteiger partial charge in [0.05, 0.1) is 6.26 Å². The second kappa shape index (κ2) is 15.1. The maximum atomic E-state index is 13.2. The predicted molar refractivity (Wildman–Crippen MR) is 169 cm³/mol. The summed E-state index contributed by atoms with van der Waals surface area (Å²) in [5.41, 5.74) is 3.83. The van der Waals surface area contributed by atoms with Crippen LogP contribution in [0, 0.1) is 6.92 Å². The fourth-order valence-electron chi connectivity index (χ4n) is 4.74. The number of piperidine rings is 1. The number of anilines is 2. The Morgan fingerprint density at radius 1 is 0.951 bits per heavy atom. The van der Waals surface area contributed by atoms with Crippen LogP contribution in [0.15, 0.2) is 72.8 Å². The van der Waals surface area contributed by atoms with E-state index in [4.69, 9.17) is 4.74 Å². The number of rotatable bonds is 11. The van der Waals surface area contributed by atoms with Crippen LogP contribution in [0.4, 0.5) is 16.2 Å². The Hall–Kier alpha value is -3.27. The maximum absolute atomic E-state index is 13.2. The van der Waals surface area contributed by atoms with Crippen LogP contribution in [0.2, 0.25) is 0 Å². The zero-order valence-corrected chi connectivity index (χ0v) is 25.6. The highest BCUT2D eigenvalue weighted by molar-refractivity contribution is 7.92. The second-order valence-corrected chi connectivity index (χ2v) is 12.2. The molecular formula is C31H41ClN4O4S. The minimum absolute atomic E-state index is 0. The van der Waals surface area contributed by atoms with Crippen molar-refractivity contribution in [1.82, 2.24) is 10.2 Å². The third kappa shape index (κ3) is 10.3. The molecule has 8 nitrogen and oxygen atoms in total. The van der Waals surface area contributed by atoms with Crippen LogP contribution >= 0.6 is 12.4 Å². The van der Waals surface area contributed by atoms with Crippen molar-refractivity contribution < 1.29 is 17.9 Å². The molecule has 1 saturated heterocycles. The minimum Gasteiger partial charge on any atom is -0.457 e. The first kappa shape index (κ1) is 32.2. The number of nitrogens with one attached hydrogen (secondary N) is 2. The number of hydrogen-bond donors (Lipinski definition) is 2. The van der Waals surface area contributed by atoms with E-state index in [9.17, 15) is 13.2 Å². The van der Waals surface area contributed by atoms with E-state index >= 15 is 0 Å². The fourth-order valence-corrected chi connectivity index (χ4v) is 5.30. The molecule has 222 valence electrons. The molecule has 0 unspecified atom stereocenters. The topological polar surface area (TPSA) is 91.0 Å². The summed E-state index contributed by atoms with van der Waals surface area (Å²) in [5, 5.41) is 3.28. The SMILES string of the molecule is CCCCN(C(=O)NC1CCN(Cc2ccc(Oc3ccc(NS(C)(=O)=O)cc3)cc2)CC1)c1ccc(C)cc1.Cl. The van der Waals surface area contributed by atoms with Crippen LogP contribution in [0.25, 0.3) is 0 Å². The van der Waals surface area contributed by atoms with Gasteiger partial charge in [0.1, 0.15) is 11.5 Å². The van der Waals surface area contributed by atoms with Crippen LogP contribution in [0.3, 0.4) is 0 Å². The third-order valence-electron chi connectivity index (χ3n) is 6.96. The summed E-state index contributed by atoms with van der Waals surface area (Å²) in [6, 6.07) is 23.1. The molecule has 0 aromatic heterocycles. The molecule has 41 heavy (non-hydrogen) atoms. The molecule has 3 aromatic carbocycles. The summed E-state index contributed by atoms with van der Waals surface area (Å²) in [6.45, 7) is 7.62. The highest BCUT2D eigenvalue weighted by Crippen LogP contribution is 2.25. The number of hydrogen-bond acceptors (Lipinski definition) is 5. The first-order chi connectivity index (χ1) is 19.2. The molecule has 3 aromatic rings. The monoisotopic (exact) mass is 600 g/mol. The molecule has 0 atom stereocenters. The van der Waals surface area contributed by atoms with Gasteiger partial charge in [-0.25, -0.2) is 13.2 Å². The number of sulfonamides is 1. The van der Waals surface area contributed by atoms with Crippen LogP contribution in [-0.2, 0) is 16.6 Å². The van der Waals surface area contributed by atoms with E-state index in [0.717, 1.165) is 69.6 Å². The van der Waals surface area contributed by atoms with E-state index < -0.39 is 10.0 Å². The molecule has 10 heteroatoms. The van der Waals surface area contributed by atoms with Gasteiger partial charge in [-0.05, 0) is 80.3 Å². The van der Waals surface area contributed by atoms with Gasteiger partial charge >= 0.3 is 6.03 Å². The standard InChI is InChI=1S/C31H40N4O4S.ClH/c1-4-5-20-35(28-12-6-24(2)7-13-28)31(36)32-26-18-21-34(22-19-26)23-25-8-14-29(15-9-25)39-30-16-10-27(11-17-30)33-40(3,37)38;/h6-17,26,33H,4-5,18-23H2,1-3H3,(H,32,36);1H. The summed E-state index contributed by atoms with van der Waals surface area (Å²) >= 11 is 0. The molecular weight excluding hydrogens is 560 g/mol. The van der Waals surface area contributed by atoms with E-state index in [-0.39, 0.29) is 24.5 Å². The van der Waals surface area contributed by atoms with Crippen molar-refractivity contribution in [2.75, 3.05) is 35.5 Å². The van der Waals surface area contributed by atoms with Crippen molar-refractivity contribution in [2.24, 2.45) is 0 Å². The number of ether oxygens (including phenoxy) is 1. The fraction of sp³-hybridized carbons (Fsp3) is 0.387. The average Bonchev–Trinajstić information content (AvgIpc) is 2.92. The zero-order chi connectivity index (χ0) is 28.5. The molecule has 0 saturated carbocycles.